The van der Waals surface area contributed by atoms with Crippen LogP contribution in [-0.2, 0) is 11.2 Å². The number of methoxy groups -OCH3 is 2. The molecule has 0 radical (unpaired) electrons. The minimum absolute atomic E-state index is 0.0940. The van der Waals surface area contributed by atoms with Gasteiger partial charge in [-0.05, 0) is 62.4 Å². The van der Waals surface area contributed by atoms with Crippen molar-refractivity contribution in [1.29, 1.82) is 0 Å². The topological polar surface area (TPSA) is 76.1 Å². The van der Waals surface area contributed by atoms with Crippen LogP contribution in [0.1, 0.15) is 47.2 Å². The van der Waals surface area contributed by atoms with Crippen LogP contribution in [0.25, 0.3) is 0 Å². The molecule has 2 rings (SSSR count). The van der Waals surface area contributed by atoms with Gasteiger partial charge in [0.25, 0.3) is 5.91 Å². The number of ether oxygens (including phenoxy) is 2. The predicted molar refractivity (Wildman–Crippen MR) is 121 cm³/mol. The molecule has 0 bridgehead atoms. The van der Waals surface area contributed by atoms with Crippen LogP contribution in [0, 0.1) is 6.92 Å². The lowest BCUT2D eigenvalue weighted by atomic mass is 10.1. The molecule has 0 spiro atoms. The van der Waals surface area contributed by atoms with E-state index in [1.54, 1.807) is 31.3 Å². The van der Waals surface area contributed by atoms with Gasteiger partial charge in [-0.1, -0.05) is 23.7 Å². The van der Waals surface area contributed by atoms with Gasteiger partial charge >= 0.3 is 5.97 Å². The van der Waals surface area contributed by atoms with E-state index in [1.807, 2.05) is 31.2 Å². The van der Waals surface area contributed by atoms with Crippen molar-refractivity contribution in [2.75, 3.05) is 27.3 Å². The van der Waals surface area contributed by atoms with Crippen molar-refractivity contribution < 1.29 is 24.2 Å². The molecule has 0 aliphatic rings. The van der Waals surface area contributed by atoms with E-state index in [2.05, 4.69) is 0 Å². The number of carbonyl (C=O) groups excluding carboxylic acids is 1. The van der Waals surface area contributed by atoms with Gasteiger partial charge in [-0.3, -0.25) is 9.59 Å². The van der Waals surface area contributed by atoms with Gasteiger partial charge in [-0.2, -0.15) is 0 Å². The van der Waals surface area contributed by atoms with Gasteiger partial charge in [-0.25, -0.2) is 0 Å². The zero-order valence-corrected chi connectivity index (χ0v) is 19.1. The number of amides is 1. The summed E-state index contributed by atoms with van der Waals surface area (Å²) in [6.45, 7) is 2.91. The maximum absolute atomic E-state index is 13.3. The lowest BCUT2D eigenvalue weighted by Crippen LogP contribution is -2.33. The summed E-state index contributed by atoms with van der Waals surface area (Å²) in [5.41, 5.74) is 2.43. The zero-order valence-electron chi connectivity index (χ0n) is 18.3. The van der Waals surface area contributed by atoms with Gasteiger partial charge in [0.05, 0.1) is 14.2 Å². The molecule has 168 valence electrons. The molecule has 1 amide bonds. The van der Waals surface area contributed by atoms with E-state index in [1.165, 1.54) is 0 Å². The van der Waals surface area contributed by atoms with Crippen molar-refractivity contribution in [3.8, 4) is 11.5 Å². The van der Waals surface area contributed by atoms with Crippen LogP contribution in [-0.4, -0.2) is 49.2 Å². The first-order chi connectivity index (χ1) is 14.8. The van der Waals surface area contributed by atoms with Crippen LogP contribution in [0.3, 0.4) is 0 Å². The second-order valence-corrected chi connectivity index (χ2v) is 7.82. The summed E-state index contributed by atoms with van der Waals surface area (Å²) in [4.78, 5) is 25.9. The lowest BCUT2D eigenvalue weighted by Gasteiger charge is -2.24. The van der Waals surface area contributed by atoms with Gasteiger partial charge in [0.15, 0.2) is 0 Å². The van der Waals surface area contributed by atoms with Crippen LogP contribution in [0.15, 0.2) is 36.4 Å². The standard InChI is InChI=1S/C24H30ClNO5/c1-17-21(30-2)15-19(16-22(17)31-3)24(29)26(12-5-4-11-23(27)28)13-7-9-18-8-6-10-20(25)14-18/h6,8,10,14-16H,4-5,7,9,11-13H2,1-3H3,(H,27,28). The molecule has 0 unspecified atom stereocenters. The highest BCUT2D eigenvalue weighted by Gasteiger charge is 2.19. The van der Waals surface area contributed by atoms with Crippen LogP contribution >= 0.6 is 11.6 Å². The molecule has 0 saturated heterocycles. The van der Waals surface area contributed by atoms with E-state index in [0.29, 0.717) is 48.0 Å². The number of hydrogen-bond acceptors (Lipinski definition) is 4. The Hall–Kier alpha value is -2.73. The number of carbonyl (C=O) groups is 2. The third-order valence-electron chi connectivity index (χ3n) is 5.14. The third kappa shape index (κ3) is 7.47. The van der Waals surface area contributed by atoms with E-state index in [-0.39, 0.29) is 12.3 Å². The average Bonchev–Trinajstić information content (AvgIpc) is 2.75. The molecule has 0 aromatic heterocycles. The summed E-state index contributed by atoms with van der Waals surface area (Å²) in [7, 11) is 3.12. The fourth-order valence-corrected chi connectivity index (χ4v) is 3.67. The van der Waals surface area contributed by atoms with Crippen molar-refractivity contribution in [3.63, 3.8) is 0 Å². The number of rotatable bonds is 12. The van der Waals surface area contributed by atoms with Gasteiger partial charge in [0.2, 0.25) is 0 Å². The van der Waals surface area contributed by atoms with Gasteiger partial charge < -0.3 is 19.5 Å². The van der Waals surface area contributed by atoms with Crippen LogP contribution in [0.5, 0.6) is 11.5 Å². The predicted octanol–water partition coefficient (Wildman–Crippen LogP) is 5.00. The Morgan fingerprint density at radius 2 is 1.65 bits per heavy atom. The highest BCUT2D eigenvalue weighted by molar-refractivity contribution is 6.30. The third-order valence-corrected chi connectivity index (χ3v) is 5.37. The fourth-order valence-electron chi connectivity index (χ4n) is 3.45. The molecule has 1 N–H and O–H groups in total. The number of aliphatic carboxylic acids is 1. The molecule has 0 aliphatic carbocycles. The highest BCUT2D eigenvalue weighted by Crippen LogP contribution is 2.30. The molecule has 7 heteroatoms. The number of aryl methyl sites for hydroxylation is 1. The Morgan fingerprint density at radius 3 is 2.23 bits per heavy atom. The molecule has 2 aromatic carbocycles. The lowest BCUT2D eigenvalue weighted by molar-refractivity contribution is -0.137. The first kappa shape index (κ1) is 24.5. The number of carboxylic acids is 1. The van der Waals surface area contributed by atoms with Crippen molar-refractivity contribution in [2.45, 2.75) is 39.0 Å². The van der Waals surface area contributed by atoms with Crippen LogP contribution < -0.4 is 9.47 Å². The Balaban J connectivity index is 2.14. The van der Waals surface area contributed by atoms with Crippen molar-refractivity contribution in [1.82, 2.24) is 4.90 Å². The second kappa shape index (κ2) is 12.2. The largest absolute Gasteiger partial charge is 0.496 e. The zero-order chi connectivity index (χ0) is 22.8. The minimum Gasteiger partial charge on any atom is -0.496 e. The SMILES string of the molecule is COc1cc(C(=O)N(CCCCC(=O)O)CCCc2cccc(Cl)c2)cc(OC)c1C. The highest BCUT2D eigenvalue weighted by atomic mass is 35.5. The molecule has 0 saturated carbocycles. The molecule has 0 aliphatic heterocycles. The number of hydrogen-bond donors (Lipinski definition) is 1. The Morgan fingerprint density at radius 1 is 1.00 bits per heavy atom. The first-order valence-corrected chi connectivity index (χ1v) is 10.7. The normalized spacial score (nSPS) is 10.6. The smallest absolute Gasteiger partial charge is 0.303 e. The molecule has 6 nitrogen and oxygen atoms in total. The second-order valence-electron chi connectivity index (χ2n) is 7.38. The molecular formula is C24H30ClNO5. The summed E-state index contributed by atoms with van der Waals surface area (Å²) in [6, 6.07) is 11.1. The Kier molecular flexibility index (Phi) is 9.66. The van der Waals surface area contributed by atoms with E-state index in [9.17, 15) is 9.59 Å². The van der Waals surface area contributed by atoms with Crippen molar-refractivity contribution in [3.05, 3.63) is 58.1 Å². The number of unbranched alkanes of at least 4 members (excludes halogenated alkanes) is 1. The summed E-state index contributed by atoms with van der Waals surface area (Å²) in [5, 5.41) is 9.57. The van der Waals surface area contributed by atoms with E-state index in [0.717, 1.165) is 24.0 Å². The number of benzene rings is 2. The van der Waals surface area contributed by atoms with Gasteiger partial charge in [0, 0.05) is 35.7 Å². The van der Waals surface area contributed by atoms with E-state index < -0.39 is 5.97 Å². The Bertz CT molecular complexity index is 874. The van der Waals surface area contributed by atoms with Crippen LogP contribution in [0.4, 0.5) is 0 Å². The average molecular weight is 448 g/mol. The molecule has 2 aromatic rings. The fraction of sp³-hybridized carbons (Fsp3) is 0.417. The van der Waals surface area contributed by atoms with E-state index >= 15 is 0 Å². The molecular weight excluding hydrogens is 418 g/mol. The first-order valence-electron chi connectivity index (χ1n) is 10.3. The maximum Gasteiger partial charge on any atom is 0.303 e. The minimum atomic E-state index is -0.827. The summed E-state index contributed by atoms with van der Waals surface area (Å²) in [6.07, 6.45) is 2.80. The van der Waals surface area contributed by atoms with Gasteiger partial charge in [0.1, 0.15) is 11.5 Å². The Labute approximate surface area is 188 Å². The number of carboxylic acid groups (broad SMARTS) is 1. The summed E-state index contributed by atoms with van der Waals surface area (Å²) < 4.78 is 10.8. The van der Waals surface area contributed by atoms with Crippen molar-refractivity contribution in [2.24, 2.45) is 0 Å². The molecule has 0 fully saturated rings. The molecule has 31 heavy (non-hydrogen) atoms. The molecule has 0 atom stereocenters. The van der Waals surface area contributed by atoms with Gasteiger partial charge in [-0.15, -0.1) is 0 Å². The number of nitrogens with zero attached hydrogens (tertiary/aromatic N) is 1. The number of halogens is 1. The molecule has 0 heterocycles. The van der Waals surface area contributed by atoms with E-state index in [4.69, 9.17) is 26.2 Å². The summed E-state index contributed by atoms with van der Waals surface area (Å²) in [5.74, 6) is 0.227. The van der Waals surface area contributed by atoms with Crippen molar-refractivity contribution >= 4 is 23.5 Å². The quantitative estimate of drug-likeness (QED) is 0.463. The monoisotopic (exact) mass is 447 g/mol. The maximum atomic E-state index is 13.3. The van der Waals surface area contributed by atoms with Crippen LogP contribution in [0.2, 0.25) is 5.02 Å². The summed E-state index contributed by atoms with van der Waals surface area (Å²) >= 11 is 6.06.